The molecule has 0 aromatic heterocycles. The molecule has 1 N–H and O–H groups in total. The Kier molecular flexibility index (Phi) is 3.66. The predicted molar refractivity (Wildman–Crippen MR) is 67.8 cm³/mol. The highest BCUT2D eigenvalue weighted by Gasteiger charge is 2.18. The van der Waals surface area contributed by atoms with Crippen molar-refractivity contribution in [2.45, 2.75) is 44.4 Å². The number of hydrogen-bond acceptors (Lipinski definition) is 1. The van der Waals surface area contributed by atoms with Gasteiger partial charge in [0.2, 0.25) is 0 Å². The average Bonchev–Trinajstić information content (AvgIpc) is 2.33. The third-order valence-electron chi connectivity index (χ3n) is 3.52. The summed E-state index contributed by atoms with van der Waals surface area (Å²) >= 11 is 0. The van der Waals surface area contributed by atoms with Crippen molar-refractivity contribution in [1.82, 2.24) is 0 Å². The van der Waals surface area contributed by atoms with E-state index in [-0.39, 0.29) is 0 Å². The Morgan fingerprint density at radius 2 is 2.00 bits per heavy atom. The van der Waals surface area contributed by atoms with Gasteiger partial charge in [0.25, 0.3) is 0 Å². The molecule has 16 heavy (non-hydrogen) atoms. The minimum Gasteiger partial charge on any atom is -0.508 e. The molecule has 1 heteroatoms. The number of phenolic OH excluding ortho intramolecular Hbond substituents is 1. The fourth-order valence-electron chi connectivity index (χ4n) is 2.64. The normalized spacial score (nSPS) is 17.2. The van der Waals surface area contributed by atoms with Crippen molar-refractivity contribution in [2.75, 3.05) is 0 Å². The molecule has 0 saturated heterocycles. The fourth-order valence-corrected chi connectivity index (χ4v) is 2.64. The summed E-state index contributed by atoms with van der Waals surface area (Å²) in [7, 11) is 0. The van der Waals surface area contributed by atoms with Crippen LogP contribution in [0.4, 0.5) is 0 Å². The van der Waals surface area contributed by atoms with E-state index in [0.29, 0.717) is 11.7 Å². The van der Waals surface area contributed by atoms with Gasteiger partial charge in [-0.25, -0.2) is 0 Å². The van der Waals surface area contributed by atoms with E-state index in [1.807, 2.05) is 18.2 Å². The second-order valence-corrected chi connectivity index (χ2v) is 4.72. The first-order valence-electron chi connectivity index (χ1n) is 6.24. The van der Waals surface area contributed by atoms with Crippen LogP contribution in [0.15, 0.2) is 30.9 Å². The van der Waals surface area contributed by atoms with Crippen molar-refractivity contribution < 1.29 is 5.11 Å². The summed E-state index contributed by atoms with van der Waals surface area (Å²) in [5.74, 6) is 1.04. The molecular weight excluding hydrogens is 196 g/mol. The monoisotopic (exact) mass is 216 g/mol. The SMILES string of the molecule is C=CCc1ccc(O)c(C2CCCCC2)c1. The van der Waals surface area contributed by atoms with Gasteiger partial charge in [0.1, 0.15) is 5.75 Å². The van der Waals surface area contributed by atoms with Gasteiger partial charge in [0, 0.05) is 0 Å². The fraction of sp³-hybridized carbons (Fsp3) is 0.467. The zero-order valence-corrected chi connectivity index (χ0v) is 9.78. The number of hydrogen-bond donors (Lipinski definition) is 1. The number of rotatable bonds is 3. The Bertz CT molecular complexity index is 362. The first-order chi connectivity index (χ1) is 7.81. The van der Waals surface area contributed by atoms with E-state index in [0.717, 1.165) is 12.0 Å². The molecule has 0 aliphatic heterocycles. The van der Waals surface area contributed by atoms with Gasteiger partial charge in [-0.3, -0.25) is 0 Å². The van der Waals surface area contributed by atoms with Gasteiger partial charge in [-0.05, 0) is 42.4 Å². The summed E-state index contributed by atoms with van der Waals surface area (Å²) in [6.07, 6.45) is 9.21. The first-order valence-corrected chi connectivity index (χ1v) is 6.24. The van der Waals surface area contributed by atoms with Crippen molar-refractivity contribution >= 4 is 0 Å². The lowest BCUT2D eigenvalue weighted by Crippen LogP contribution is -2.05. The smallest absolute Gasteiger partial charge is 0.119 e. The van der Waals surface area contributed by atoms with E-state index in [1.54, 1.807) is 0 Å². The lowest BCUT2D eigenvalue weighted by molar-refractivity contribution is 0.414. The first kappa shape index (κ1) is 11.3. The van der Waals surface area contributed by atoms with E-state index >= 15 is 0 Å². The van der Waals surface area contributed by atoms with Crippen LogP contribution < -0.4 is 0 Å². The van der Waals surface area contributed by atoms with E-state index in [9.17, 15) is 5.11 Å². The van der Waals surface area contributed by atoms with Gasteiger partial charge in [0.05, 0.1) is 0 Å². The molecule has 86 valence electrons. The Labute approximate surface area is 97.8 Å². The molecule has 0 amide bonds. The molecule has 0 spiro atoms. The number of phenols is 1. The van der Waals surface area contributed by atoms with Crippen LogP contribution in [0.5, 0.6) is 5.75 Å². The molecule has 0 radical (unpaired) electrons. The summed E-state index contributed by atoms with van der Waals surface area (Å²) in [5.41, 5.74) is 2.41. The molecule has 1 aromatic rings. The molecule has 0 bridgehead atoms. The molecule has 0 atom stereocenters. The number of benzene rings is 1. The minimum absolute atomic E-state index is 0.472. The number of aromatic hydroxyl groups is 1. The summed E-state index contributed by atoms with van der Waals surface area (Å²) in [6.45, 7) is 3.76. The molecule has 1 fully saturated rings. The maximum atomic E-state index is 9.93. The highest BCUT2D eigenvalue weighted by molar-refractivity contribution is 5.39. The highest BCUT2D eigenvalue weighted by Crippen LogP contribution is 2.37. The molecule has 1 saturated carbocycles. The van der Waals surface area contributed by atoms with Crippen molar-refractivity contribution in [1.29, 1.82) is 0 Å². The van der Waals surface area contributed by atoms with Crippen LogP contribution in [-0.2, 0) is 6.42 Å². The minimum atomic E-state index is 0.472. The third-order valence-corrected chi connectivity index (χ3v) is 3.52. The zero-order valence-electron chi connectivity index (χ0n) is 9.78. The molecule has 1 nitrogen and oxygen atoms in total. The Morgan fingerprint density at radius 1 is 1.25 bits per heavy atom. The van der Waals surface area contributed by atoms with Crippen LogP contribution in [-0.4, -0.2) is 5.11 Å². The second-order valence-electron chi connectivity index (χ2n) is 4.72. The van der Waals surface area contributed by atoms with E-state index in [4.69, 9.17) is 0 Å². The third kappa shape index (κ3) is 2.46. The summed E-state index contributed by atoms with van der Waals surface area (Å²) in [4.78, 5) is 0. The maximum Gasteiger partial charge on any atom is 0.119 e. The molecule has 2 rings (SSSR count). The lowest BCUT2D eigenvalue weighted by atomic mass is 9.83. The molecule has 0 unspecified atom stereocenters. The molecule has 1 aliphatic carbocycles. The molecule has 0 heterocycles. The Hall–Kier alpha value is -1.24. The maximum absolute atomic E-state index is 9.93. The largest absolute Gasteiger partial charge is 0.508 e. The van der Waals surface area contributed by atoms with Gasteiger partial charge >= 0.3 is 0 Å². The second kappa shape index (κ2) is 5.20. The van der Waals surface area contributed by atoms with Gasteiger partial charge in [-0.2, -0.15) is 0 Å². The van der Waals surface area contributed by atoms with Gasteiger partial charge in [0.15, 0.2) is 0 Å². The average molecular weight is 216 g/mol. The van der Waals surface area contributed by atoms with Crippen molar-refractivity contribution in [3.8, 4) is 5.75 Å². The Balaban J connectivity index is 2.23. The van der Waals surface area contributed by atoms with Crippen LogP contribution in [0.25, 0.3) is 0 Å². The van der Waals surface area contributed by atoms with E-state index in [1.165, 1.54) is 37.7 Å². The van der Waals surface area contributed by atoms with Crippen molar-refractivity contribution in [3.63, 3.8) is 0 Å². The lowest BCUT2D eigenvalue weighted by Gasteiger charge is -2.23. The van der Waals surface area contributed by atoms with Crippen molar-refractivity contribution in [2.24, 2.45) is 0 Å². The van der Waals surface area contributed by atoms with Gasteiger partial charge in [-0.15, -0.1) is 6.58 Å². The number of allylic oxidation sites excluding steroid dienone is 1. The van der Waals surface area contributed by atoms with Crippen LogP contribution in [0.2, 0.25) is 0 Å². The quantitative estimate of drug-likeness (QED) is 0.752. The molecule has 1 aromatic carbocycles. The van der Waals surface area contributed by atoms with Crippen LogP contribution in [0, 0.1) is 0 Å². The highest BCUT2D eigenvalue weighted by atomic mass is 16.3. The van der Waals surface area contributed by atoms with Crippen LogP contribution in [0.3, 0.4) is 0 Å². The zero-order chi connectivity index (χ0) is 11.4. The molecule has 1 aliphatic rings. The summed E-state index contributed by atoms with van der Waals surface area (Å²) in [6, 6.07) is 5.99. The van der Waals surface area contributed by atoms with Crippen LogP contribution >= 0.6 is 0 Å². The standard InChI is InChI=1S/C15H20O/c1-2-6-12-9-10-15(16)14(11-12)13-7-4-3-5-8-13/h2,9-11,13,16H,1,3-8H2. The molecular formula is C15H20O. The van der Waals surface area contributed by atoms with E-state index < -0.39 is 0 Å². The Morgan fingerprint density at radius 3 is 2.69 bits per heavy atom. The summed E-state index contributed by atoms with van der Waals surface area (Å²) in [5, 5.41) is 9.93. The van der Waals surface area contributed by atoms with Crippen LogP contribution in [0.1, 0.15) is 49.1 Å². The van der Waals surface area contributed by atoms with Crippen molar-refractivity contribution in [3.05, 3.63) is 42.0 Å². The van der Waals surface area contributed by atoms with Gasteiger partial charge in [-0.1, -0.05) is 37.5 Å². The van der Waals surface area contributed by atoms with E-state index in [2.05, 4.69) is 12.6 Å². The predicted octanol–water partition coefficient (Wildman–Crippen LogP) is 4.17. The van der Waals surface area contributed by atoms with Gasteiger partial charge < -0.3 is 5.11 Å². The topological polar surface area (TPSA) is 20.2 Å². The summed E-state index contributed by atoms with van der Waals surface area (Å²) < 4.78 is 0.